The van der Waals surface area contributed by atoms with E-state index >= 15 is 0 Å². The molecular weight excluding hydrogens is 273 g/mol. The van der Waals surface area contributed by atoms with Crippen LogP contribution in [0.1, 0.15) is 5.56 Å². The molecule has 1 unspecified atom stereocenters. The van der Waals surface area contributed by atoms with Crippen molar-refractivity contribution in [3.8, 4) is 11.5 Å². The van der Waals surface area contributed by atoms with Crippen molar-refractivity contribution in [1.29, 1.82) is 0 Å². The Bertz CT molecular complexity index is 560. The molecule has 0 aliphatic carbocycles. The molecule has 0 spiro atoms. The third-order valence-corrected chi connectivity index (χ3v) is 2.87. The molecule has 0 aliphatic rings. The van der Waals surface area contributed by atoms with E-state index in [1.165, 1.54) is 12.1 Å². The maximum Gasteiger partial charge on any atom is 0.165 e. The van der Waals surface area contributed by atoms with Crippen LogP contribution in [0.5, 0.6) is 11.5 Å². The Morgan fingerprint density at radius 2 is 1.67 bits per heavy atom. The second-order valence-electron chi connectivity index (χ2n) is 4.55. The zero-order valence-corrected chi connectivity index (χ0v) is 11.5. The van der Waals surface area contributed by atoms with Gasteiger partial charge in [-0.15, -0.1) is 0 Å². The van der Waals surface area contributed by atoms with Crippen LogP contribution in [0.4, 0.5) is 4.39 Å². The van der Waals surface area contributed by atoms with Gasteiger partial charge in [-0.1, -0.05) is 24.3 Å². The average molecular weight is 291 g/mol. The Morgan fingerprint density at radius 3 is 2.33 bits per heavy atom. The summed E-state index contributed by atoms with van der Waals surface area (Å²) in [6.07, 6.45) is -0.848. The van der Waals surface area contributed by atoms with Crippen molar-refractivity contribution < 1.29 is 19.0 Å². The lowest BCUT2D eigenvalue weighted by atomic mass is 10.2. The molecule has 5 heteroatoms. The number of halogens is 1. The van der Waals surface area contributed by atoms with E-state index in [0.717, 1.165) is 5.56 Å². The van der Waals surface area contributed by atoms with Crippen LogP contribution in [0.25, 0.3) is 0 Å². The number of nitrogens with two attached hydrogens (primary N) is 1. The minimum absolute atomic E-state index is 0.0399. The fourth-order valence-corrected chi connectivity index (χ4v) is 1.71. The average Bonchev–Trinajstić information content (AvgIpc) is 2.52. The maximum atomic E-state index is 13.3. The number of aliphatic hydroxyl groups excluding tert-OH is 1. The van der Waals surface area contributed by atoms with Crippen LogP contribution >= 0.6 is 0 Å². The van der Waals surface area contributed by atoms with Gasteiger partial charge in [0.15, 0.2) is 11.6 Å². The van der Waals surface area contributed by atoms with E-state index in [1.54, 1.807) is 24.3 Å². The molecular formula is C16H18FNO3. The molecule has 0 fully saturated rings. The SMILES string of the molecule is NCc1ccc(OCC(O)COc2ccccc2F)cc1. The first-order valence-electron chi connectivity index (χ1n) is 6.66. The van der Waals surface area contributed by atoms with Crippen molar-refractivity contribution in [2.75, 3.05) is 13.2 Å². The topological polar surface area (TPSA) is 64.7 Å². The predicted octanol–water partition coefficient (Wildman–Crippen LogP) is 2.10. The predicted molar refractivity (Wildman–Crippen MR) is 77.7 cm³/mol. The quantitative estimate of drug-likeness (QED) is 0.820. The van der Waals surface area contributed by atoms with Crippen LogP contribution in [-0.2, 0) is 6.54 Å². The van der Waals surface area contributed by atoms with Gasteiger partial charge in [0.2, 0.25) is 0 Å². The number of hydrogen-bond donors (Lipinski definition) is 2. The molecule has 21 heavy (non-hydrogen) atoms. The van der Waals surface area contributed by atoms with Crippen LogP contribution in [0, 0.1) is 5.82 Å². The zero-order chi connectivity index (χ0) is 15.1. The lowest BCUT2D eigenvalue weighted by Gasteiger charge is -2.14. The van der Waals surface area contributed by atoms with Crippen LogP contribution in [0.15, 0.2) is 48.5 Å². The summed E-state index contributed by atoms with van der Waals surface area (Å²) in [6, 6.07) is 13.3. The van der Waals surface area contributed by atoms with Crippen LogP contribution in [-0.4, -0.2) is 24.4 Å². The van der Waals surface area contributed by atoms with Gasteiger partial charge < -0.3 is 20.3 Å². The summed E-state index contributed by atoms with van der Waals surface area (Å²) < 4.78 is 23.9. The molecule has 0 radical (unpaired) electrons. The third kappa shape index (κ3) is 4.73. The highest BCUT2D eigenvalue weighted by atomic mass is 19.1. The van der Waals surface area contributed by atoms with E-state index in [1.807, 2.05) is 12.1 Å². The van der Waals surface area contributed by atoms with Crippen molar-refractivity contribution in [3.05, 3.63) is 59.9 Å². The summed E-state index contributed by atoms with van der Waals surface area (Å²) in [5.74, 6) is 0.295. The molecule has 112 valence electrons. The first-order valence-corrected chi connectivity index (χ1v) is 6.66. The monoisotopic (exact) mass is 291 g/mol. The number of benzene rings is 2. The normalized spacial score (nSPS) is 12.0. The van der Waals surface area contributed by atoms with Crippen molar-refractivity contribution in [3.63, 3.8) is 0 Å². The molecule has 0 saturated carbocycles. The summed E-state index contributed by atoms with van der Waals surface area (Å²) >= 11 is 0. The molecule has 0 bridgehead atoms. The lowest BCUT2D eigenvalue weighted by molar-refractivity contribution is 0.0612. The largest absolute Gasteiger partial charge is 0.491 e. The van der Waals surface area contributed by atoms with E-state index in [9.17, 15) is 9.50 Å². The van der Waals surface area contributed by atoms with Gasteiger partial charge in [-0.05, 0) is 29.8 Å². The molecule has 0 saturated heterocycles. The van der Waals surface area contributed by atoms with Crippen molar-refractivity contribution in [2.24, 2.45) is 5.73 Å². The first-order chi connectivity index (χ1) is 10.2. The second-order valence-corrected chi connectivity index (χ2v) is 4.55. The highest BCUT2D eigenvalue weighted by Crippen LogP contribution is 2.16. The zero-order valence-electron chi connectivity index (χ0n) is 11.5. The van der Waals surface area contributed by atoms with E-state index in [0.29, 0.717) is 12.3 Å². The number of hydrogen-bond acceptors (Lipinski definition) is 4. The fraction of sp³-hybridized carbons (Fsp3) is 0.250. The summed E-state index contributed by atoms with van der Waals surface area (Å²) in [4.78, 5) is 0. The Kier molecular flexibility index (Phi) is 5.54. The van der Waals surface area contributed by atoms with Gasteiger partial charge in [-0.25, -0.2) is 4.39 Å². The summed E-state index contributed by atoms with van der Waals surface area (Å²) in [5, 5.41) is 9.77. The summed E-state index contributed by atoms with van der Waals surface area (Å²) in [5.41, 5.74) is 6.51. The Hall–Kier alpha value is -2.11. The van der Waals surface area contributed by atoms with E-state index in [4.69, 9.17) is 15.2 Å². The van der Waals surface area contributed by atoms with Crippen LogP contribution < -0.4 is 15.2 Å². The molecule has 0 heterocycles. The van der Waals surface area contributed by atoms with E-state index in [2.05, 4.69) is 0 Å². The highest BCUT2D eigenvalue weighted by molar-refractivity contribution is 5.27. The highest BCUT2D eigenvalue weighted by Gasteiger charge is 2.08. The van der Waals surface area contributed by atoms with E-state index in [-0.39, 0.29) is 19.0 Å². The minimum Gasteiger partial charge on any atom is -0.491 e. The van der Waals surface area contributed by atoms with Gasteiger partial charge in [-0.3, -0.25) is 0 Å². The van der Waals surface area contributed by atoms with Gasteiger partial charge in [0, 0.05) is 6.54 Å². The standard InChI is InChI=1S/C16H18FNO3/c17-15-3-1-2-4-16(15)21-11-13(19)10-20-14-7-5-12(9-18)6-8-14/h1-8,13,19H,9-11,18H2. The lowest BCUT2D eigenvalue weighted by Crippen LogP contribution is -2.25. The smallest absolute Gasteiger partial charge is 0.165 e. The Labute approximate surface area is 122 Å². The van der Waals surface area contributed by atoms with Gasteiger partial charge >= 0.3 is 0 Å². The van der Waals surface area contributed by atoms with Crippen molar-refractivity contribution in [1.82, 2.24) is 0 Å². The molecule has 2 aromatic carbocycles. The van der Waals surface area contributed by atoms with Gasteiger partial charge in [-0.2, -0.15) is 0 Å². The van der Waals surface area contributed by atoms with Gasteiger partial charge in [0.1, 0.15) is 25.1 Å². The number of ether oxygens (including phenoxy) is 2. The van der Waals surface area contributed by atoms with Crippen LogP contribution in [0.3, 0.4) is 0 Å². The van der Waals surface area contributed by atoms with Crippen molar-refractivity contribution in [2.45, 2.75) is 12.6 Å². The molecule has 2 rings (SSSR count). The maximum absolute atomic E-state index is 13.3. The molecule has 3 N–H and O–H groups in total. The molecule has 0 aliphatic heterocycles. The molecule has 2 aromatic rings. The minimum atomic E-state index is -0.848. The molecule has 0 amide bonds. The number of aliphatic hydroxyl groups is 1. The third-order valence-electron chi connectivity index (χ3n) is 2.87. The van der Waals surface area contributed by atoms with Gasteiger partial charge in [0.05, 0.1) is 0 Å². The first kappa shape index (κ1) is 15.3. The molecule has 0 aromatic heterocycles. The Morgan fingerprint density at radius 1 is 1.00 bits per heavy atom. The van der Waals surface area contributed by atoms with E-state index < -0.39 is 11.9 Å². The molecule has 1 atom stereocenters. The van der Waals surface area contributed by atoms with Gasteiger partial charge in [0.25, 0.3) is 0 Å². The number of para-hydroxylation sites is 1. The fourth-order valence-electron chi connectivity index (χ4n) is 1.71. The van der Waals surface area contributed by atoms with Crippen LogP contribution in [0.2, 0.25) is 0 Å². The summed E-state index contributed by atoms with van der Waals surface area (Å²) in [6.45, 7) is 0.498. The molecule has 4 nitrogen and oxygen atoms in total. The number of rotatable bonds is 7. The van der Waals surface area contributed by atoms with Crippen molar-refractivity contribution >= 4 is 0 Å². The second kappa shape index (κ2) is 7.61. The summed E-state index contributed by atoms with van der Waals surface area (Å²) in [7, 11) is 0. The Balaban J connectivity index is 1.76.